The number of aliphatic carboxylic acids is 1. The first-order valence-corrected chi connectivity index (χ1v) is 10.3. The van der Waals surface area contributed by atoms with Crippen LogP contribution in [0.4, 0.5) is 10.5 Å². The summed E-state index contributed by atoms with van der Waals surface area (Å²) in [5, 5.41) is 20.1. The number of amides is 2. The number of halogens is 2. The van der Waals surface area contributed by atoms with Crippen molar-refractivity contribution in [3.8, 4) is 0 Å². The third-order valence-electron chi connectivity index (χ3n) is 5.08. The summed E-state index contributed by atoms with van der Waals surface area (Å²) in [6.45, 7) is 0. The van der Waals surface area contributed by atoms with Crippen molar-refractivity contribution in [2.45, 2.75) is 30.7 Å². The zero-order valence-electron chi connectivity index (χ0n) is 16.1. The van der Waals surface area contributed by atoms with Gasteiger partial charge in [-0.3, -0.25) is 4.79 Å². The van der Waals surface area contributed by atoms with Crippen molar-refractivity contribution in [3.05, 3.63) is 75.9 Å². The fraction of sp³-hybridized carbons (Fsp3) is 0.238. The van der Waals surface area contributed by atoms with E-state index < -0.39 is 23.5 Å². The van der Waals surface area contributed by atoms with E-state index in [9.17, 15) is 14.7 Å². The lowest BCUT2D eigenvalue weighted by Gasteiger charge is -2.16. The highest BCUT2D eigenvalue weighted by Gasteiger charge is 2.57. The van der Waals surface area contributed by atoms with E-state index in [1.165, 1.54) is 0 Å². The van der Waals surface area contributed by atoms with Crippen molar-refractivity contribution in [1.82, 2.24) is 15.5 Å². The topological polar surface area (TPSA) is 117 Å². The van der Waals surface area contributed by atoms with E-state index in [4.69, 9.17) is 27.7 Å². The maximum atomic E-state index is 12.6. The second-order valence-electron chi connectivity index (χ2n) is 7.33. The molecule has 1 atom stereocenters. The molecule has 4 rings (SSSR count). The van der Waals surface area contributed by atoms with Crippen LogP contribution < -0.4 is 10.6 Å². The predicted molar refractivity (Wildman–Crippen MR) is 114 cm³/mol. The molecule has 1 aliphatic rings. The molecule has 8 nitrogen and oxygen atoms in total. The molecule has 0 aliphatic heterocycles. The van der Waals surface area contributed by atoms with Crippen LogP contribution in [-0.2, 0) is 16.6 Å². The zero-order chi connectivity index (χ0) is 22.0. The molecule has 1 heterocycles. The number of anilines is 1. The van der Waals surface area contributed by atoms with Crippen LogP contribution in [-0.4, -0.2) is 27.2 Å². The lowest BCUT2D eigenvalue weighted by molar-refractivity contribution is -0.140. The minimum absolute atomic E-state index is 0.0519. The van der Waals surface area contributed by atoms with Gasteiger partial charge in [0, 0.05) is 22.2 Å². The van der Waals surface area contributed by atoms with Gasteiger partial charge in [0.25, 0.3) is 0 Å². The van der Waals surface area contributed by atoms with Crippen LogP contribution in [0.25, 0.3) is 0 Å². The molecule has 1 fully saturated rings. The van der Waals surface area contributed by atoms with Crippen molar-refractivity contribution in [2.24, 2.45) is 0 Å². The minimum atomic E-state index is -1.12. The quantitative estimate of drug-likeness (QED) is 0.474. The molecule has 2 amide bonds. The van der Waals surface area contributed by atoms with E-state index in [2.05, 4.69) is 20.8 Å². The number of benzene rings is 2. The van der Waals surface area contributed by atoms with Gasteiger partial charge in [-0.1, -0.05) is 40.5 Å². The summed E-state index contributed by atoms with van der Waals surface area (Å²) in [6.07, 6.45) is 1.23. The highest BCUT2D eigenvalue weighted by atomic mass is 35.5. The third kappa shape index (κ3) is 4.81. The number of rotatable bonds is 7. The largest absolute Gasteiger partial charge is 0.480 e. The van der Waals surface area contributed by atoms with Crippen LogP contribution in [0.15, 0.2) is 53.1 Å². The Bertz CT molecular complexity index is 1100. The molecule has 0 radical (unpaired) electrons. The number of nitrogens with one attached hydrogen (secondary N) is 2. The van der Waals surface area contributed by atoms with Gasteiger partial charge in [0.05, 0.1) is 6.04 Å². The maximum Gasteiger partial charge on any atom is 0.319 e. The molecule has 2 aromatic carbocycles. The van der Waals surface area contributed by atoms with Crippen LogP contribution in [0.1, 0.15) is 36.2 Å². The molecular weight excluding hydrogens is 443 g/mol. The van der Waals surface area contributed by atoms with Gasteiger partial charge >= 0.3 is 12.0 Å². The van der Waals surface area contributed by atoms with Crippen molar-refractivity contribution >= 4 is 40.9 Å². The van der Waals surface area contributed by atoms with E-state index in [1.54, 1.807) is 36.4 Å². The van der Waals surface area contributed by atoms with Crippen molar-refractivity contribution in [3.63, 3.8) is 0 Å². The molecule has 0 bridgehead atoms. The molecule has 31 heavy (non-hydrogen) atoms. The Balaban J connectivity index is 1.55. The molecule has 0 spiro atoms. The van der Waals surface area contributed by atoms with Crippen LogP contribution in [0, 0.1) is 0 Å². The molecule has 3 N–H and O–H groups in total. The molecule has 1 aromatic heterocycles. The highest BCUT2D eigenvalue weighted by Crippen LogP contribution is 2.47. The molecule has 10 heteroatoms. The average Bonchev–Trinajstić information content (AvgIpc) is 3.41. The summed E-state index contributed by atoms with van der Waals surface area (Å²) in [5.41, 5.74) is 0.317. The number of urea groups is 1. The Labute approximate surface area is 187 Å². The number of nitrogens with zero attached hydrogens (tertiary/aromatic N) is 2. The van der Waals surface area contributed by atoms with Crippen molar-refractivity contribution < 1.29 is 19.2 Å². The van der Waals surface area contributed by atoms with Crippen LogP contribution in [0.5, 0.6) is 0 Å². The SMILES string of the molecule is O=C(Nc1ccc(Cl)cc1)N[C@@H](Cc1ccc(Cl)cc1)c1noc(C2(C(=O)O)CC2)n1. The highest BCUT2D eigenvalue weighted by molar-refractivity contribution is 6.30. The number of hydrogen-bond acceptors (Lipinski definition) is 5. The average molecular weight is 461 g/mol. The number of aromatic nitrogens is 2. The smallest absolute Gasteiger partial charge is 0.319 e. The summed E-state index contributed by atoms with van der Waals surface area (Å²) in [5.74, 6) is -0.745. The minimum Gasteiger partial charge on any atom is -0.480 e. The first-order valence-electron chi connectivity index (χ1n) is 9.51. The summed E-state index contributed by atoms with van der Waals surface area (Å²) in [6, 6.07) is 12.7. The lowest BCUT2D eigenvalue weighted by atomic mass is 10.1. The first-order chi connectivity index (χ1) is 14.9. The summed E-state index contributed by atoms with van der Waals surface area (Å²) >= 11 is 11.8. The summed E-state index contributed by atoms with van der Waals surface area (Å²) in [4.78, 5) is 28.5. The third-order valence-corrected chi connectivity index (χ3v) is 5.59. The van der Waals surface area contributed by atoms with Crippen molar-refractivity contribution in [1.29, 1.82) is 0 Å². The molecule has 0 saturated heterocycles. The van der Waals surface area contributed by atoms with Gasteiger partial charge in [0.2, 0.25) is 5.89 Å². The molecular formula is C21H18Cl2N4O4. The fourth-order valence-corrected chi connectivity index (χ4v) is 3.39. The zero-order valence-corrected chi connectivity index (χ0v) is 17.7. The number of carboxylic acids is 1. The molecule has 1 aliphatic carbocycles. The monoisotopic (exact) mass is 460 g/mol. The maximum absolute atomic E-state index is 12.6. The van der Waals surface area contributed by atoms with Gasteiger partial charge in [-0.25, -0.2) is 4.79 Å². The van der Waals surface area contributed by atoms with E-state index in [1.807, 2.05) is 12.1 Å². The molecule has 1 saturated carbocycles. The van der Waals surface area contributed by atoms with Crippen LogP contribution in [0.3, 0.4) is 0 Å². The van der Waals surface area contributed by atoms with Crippen LogP contribution in [0.2, 0.25) is 10.0 Å². The Morgan fingerprint density at radius 1 is 1.06 bits per heavy atom. The van der Waals surface area contributed by atoms with Gasteiger partial charge in [-0.2, -0.15) is 4.98 Å². The Hall–Kier alpha value is -3.10. The van der Waals surface area contributed by atoms with Gasteiger partial charge in [0.1, 0.15) is 5.41 Å². The Morgan fingerprint density at radius 3 is 2.26 bits per heavy atom. The summed E-state index contributed by atoms with van der Waals surface area (Å²) < 4.78 is 5.25. The van der Waals surface area contributed by atoms with Gasteiger partial charge < -0.3 is 20.3 Å². The Kier molecular flexibility index (Phi) is 5.84. The number of hydrogen-bond donors (Lipinski definition) is 3. The second kappa shape index (κ2) is 8.56. The second-order valence-corrected chi connectivity index (χ2v) is 8.21. The number of carbonyl (C=O) groups is 2. The molecule has 0 unspecified atom stereocenters. The van der Waals surface area contributed by atoms with E-state index in [-0.39, 0.29) is 11.7 Å². The number of carbonyl (C=O) groups excluding carboxylic acids is 1. The Morgan fingerprint density at radius 2 is 1.68 bits per heavy atom. The van der Waals surface area contributed by atoms with Crippen molar-refractivity contribution in [2.75, 3.05) is 5.32 Å². The standard InChI is InChI=1S/C21H18Cl2N4O4/c22-13-3-1-12(2-4-13)11-16(25-20(30)24-15-7-5-14(23)6-8-15)17-26-18(31-27-17)21(9-10-21)19(28)29/h1-8,16H,9-11H2,(H,28,29)(H2,24,25,30)/t16-/m0/s1. The molecule has 3 aromatic rings. The van der Waals surface area contributed by atoms with E-state index in [0.717, 1.165) is 5.56 Å². The van der Waals surface area contributed by atoms with Gasteiger partial charge in [0.15, 0.2) is 5.82 Å². The van der Waals surface area contributed by atoms with Crippen LogP contribution >= 0.6 is 23.2 Å². The molecule has 160 valence electrons. The van der Waals surface area contributed by atoms with Gasteiger partial charge in [-0.15, -0.1) is 0 Å². The summed E-state index contributed by atoms with van der Waals surface area (Å²) in [7, 11) is 0. The van der Waals surface area contributed by atoms with Gasteiger partial charge in [-0.05, 0) is 54.8 Å². The first kappa shape index (κ1) is 21.1. The predicted octanol–water partition coefficient (Wildman–Crippen LogP) is 4.60. The fourth-order valence-electron chi connectivity index (χ4n) is 3.14. The van der Waals surface area contributed by atoms with E-state index >= 15 is 0 Å². The van der Waals surface area contributed by atoms with E-state index in [0.29, 0.717) is 35.0 Å². The number of carboxylic acid groups (broad SMARTS) is 1. The normalized spacial score (nSPS) is 15.2. The lowest BCUT2D eigenvalue weighted by Crippen LogP contribution is -2.34.